The van der Waals surface area contributed by atoms with Crippen LogP contribution in [0.3, 0.4) is 0 Å². The zero-order chi connectivity index (χ0) is 12.1. The normalized spacial score (nSPS) is 16.3. The lowest BCUT2D eigenvalue weighted by molar-refractivity contribution is -0.133. The maximum Gasteiger partial charge on any atom is 0.222 e. The van der Waals surface area contributed by atoms with Crippen LogP contribution in [0.2, 0.25) is 0 Å². The number of carbonyl (C=O) groups is 1. The summed E-state index contributed by atoms with van der Waals surface area (Å²) in [4.78, 5) is 13.5. The monoisotopic (exact) mass is 254 g/mol. The van der Waals surface area contributed by atoms with Gasteiger partial charge in [0.15, 0.2) is 0 Å². The first-order valence-electron chi connectivity index (χ1n) is 6.13. The van der Waals surface area contributed by atoms with Crippen LogP contribution in [0, 0.1) is 0 Å². The van der Waals surface area contributed by atoms with Crippen LogP contribution in [-0.4, -0.2) is 34.1 Å². The number of rotatable bonds is 5. The molecule has 1 aliphatic heterocycles. The molecule has 0 bridgehead atoms. The standard InChI is InChI=1S/C11H18N4OS/c1-2-6-12-11-14-13-9(17-11)8-15-7-4-3-5-10(15)16/h2-8H2,1H3,(H,12,14). The zero-order valence-electron chi connectivity index (χ0n) is 10.1. The molecule has 6 heteroatoms. The van der Waals surface area contributed by atoms with Crippen molar-refractivity contribution < 1.29 is 4.79 Å². The van der Waals surface area contributed by atoms with Gasteiger partial charge in [-0.2, -0.15) is 0 Å². The highest BCUT2D eigenvalue weighted by atomic mass is 32.1. The van der Waals surface area contributed by atoms with Gasteiger partial charge in [0.25, 0.3) is 0 Å². The molecule has 0 aromatic carbocycles. The van der Waals surface area contributed by atoms with Gasteiger partial charge in [-0.05, 0) is 19.3 Å². The number of amides is 1. The van der Waals surface area contributed by atoms with Gasteiger partial charge in [0.2, 0.25) is 11.0 Å². The summed E-state index contributed by atoms with van der Waals surface area (Å²) in [7, 11) is 0. The van der Waals surface area contributed by atoms with E-state index in [0.29, 0.717) is 13.0 Å². The van der Waals surface area contributed by atoms with E-state index < -0.39 is 0 Å². The number of hydrogen-bond donors (Lipinski definition) is 1. The Morgan fingerprint density at radius 3 is 3.06 bits per heavy atom. The van der Waals surface area contributed by atoms with Crippen LogP contribution in [0.5, 0.6) is 0 Å². The first-order valence-corrected chi connectivity index (χ1v) is 6.95. The van der Waals surface area contributed by atoms with Gasteiger partial charge < -0.3 is 10.2 Å². The summed E-state index contributed by atoms with van der Waals surface area (Å²) in [6.07, 6.45) is 3.87. The molecule has 1 aromatic heterocycles. The first kappa shape index (κ1) is 12.3. The molecule has 0 unspecified atom stereocenters. The second kappa shape index (κ2) is 5.95. The third kappa shape index (κ3) is 3.39. The molecular weight excluding hydrogens is 236 g/mol. The molecule has 17 heavy (non-hydrogen) atoms. The number of nitrogens with zero attached hydrogens (tertiary/aromatic N) is 3. The van der Waals surface area contributed by atoms with Crippen LogP contribution in [0.15, 0.2) is 0 Å². The van der Waals surface area contributed by atoms with Gasteiger partial charge in [0.1, 0.15) is 5.01 Å². The van der Waals surface area contributed by atoms with E-state index in [0.717, 1.165) is 42.5 Å². The Balaban J connectivity index is 1.89. The number of likely N-dealkylation sites (tertiary alicyclic amines) is 1. The maximum atomic E-state index is 11.6. The lowest BCUT2D eigenvalue weighted by Crippen LogP contribution is -2.34. The van der Waals surface area contributed by atoms with E-state index in [-0.39, 0.29) is 5.91 Å². The Bertz CT molecular complexity index is 379. The van der Waals surface area contributed by atoms with Crippen molar-refractivity contribution >= 4 is 22.4 Å². The molecule has 5 nitrogen and oxygen atoms in total. The summed E-state index contributed by atoms with van der Waals surface area (Å²) >= 11 is 1.54. The topological polar surface area (TPSA) is 58.1 Å². The molecule has 1 fully saturated rings. The Kier molecular flexibility index (Phi) is 4.30. The minimum Gasteiger partial charge on any atom is -0.360 e. The van der Waals surface area contributed by atoms with Crippen molar-refractivity contribution in [3.05, 3.63) is 5.01 Å². The summed E-state index contributed by atoms with van der Waals surface area (Å²) < 4.78 is 0. The van der Waals surface area contributed by atoms with Crippen LogP contribution < -0.4 is 5.32 Å². The number of aromatic nitrogens is 2. The second-order valence-electron chi connectivity index (χ2n) is 4.20. The van der Waals surface area contributed by atoms with Crippen molar-refractivity contribution in [3.63, 3.8) is 0 Å². The van der Waals surface area contributed by atoms with E-state index in [1.165, 1.54) is 0 Å². The summed E-state index contributed by atoms with van der Waals surface area (Å²) in [6, 6.07) is 0. The summed E-state index contributed by atoms with van der Waals surface area (Å²) in [6.45, 7) is 4.50. The third-order valence-electron chi connectivity index (χ3n) is 2.74. The fourth-order valence-electron chi connectivity index (χ4n) is 1.81. The van der Waals surface area contributed by atoms with Crippen LogP contribution in [0.1, 0.15) is 37.6 Å². The lowest BCUT2D eigenvalue weighted by atomic mass is 10.1. The third-order valence-corrected chi connectivity index (χ3v) is 3.61. The van der Waals surface area contributed by atoms with Crippen molar-refractivity contribution in [2.45, 2.75) is 39.2 Å². The fraction of sp³-hybridized carbons (Fsp3) is 0.727. The molecule has 1 aromatic rings. The van der Waals surface area contributed by atoms with E-state index in [4.69, 9.17) is 0 Å². The van der Waals surface area contributed by atoms with Crippen molar-refractivity contribution in [3.8, 4) is 0 Å². The molecule has 0 aliphatic carbocycles. The molecule has 0 spiro atoms. The fourth-order valence-corrected chi connectivity index (χ4v) is 2.59. The van der Waals surface area contributed by atoms with E-state index >= 15 is 0 Å². The SMILES string of the molecule is CCCNc1nnc(CN2CCCCC2=O)s1. The molecule has 1 saturated heterocycles. The number of nitrogens with one attached hydrogen (secondary N) is 1. The first-order chi connectivity index (χ1) is 8.29. The molecule has 1 amide bonds. The van der Waals surface area contributed by atoms with Crippen LogP contribution >= 0.6 is 11.3 Å². The van der Waals surface area contributed by atoms with Gasteiger partial charge in [-0.15, -0.1) is 10.2 Å². The molecule has 1 aliphatic rings. The average molecular weight is 254 g/mol. The van der Waals surface area contributed by atoms with Crippen molar-refractivity contribution in [1.82, 2.24) is 15.1 Å². The van der Waals surface area contributed by atoms with Crippen molar-refractivity contribution in [2.75, 3.05) is 18.4 Å². The minimum absolute atomic E-state index is 0.245. The summed E-state index contributed by atoms with van der Waals surface area (Å²) in [5.41, 5.74) is 0. The van der Waals surface area contributed by atoms with Gasteiger partial charge in [-0.25, -0.2) is 0 Å². The number of anilines is 1. The largest absolute Gasteiger partial charge is 0.360 e. The minimum atomic E-state index is 0.245. The number of hydrogen-bond acceptors (Lipinski definition) is 5. The highest BCUT2D eigenvalue weighted by molar-refractivity contribution is 7.15. The van der Waals surface area contributed by atoms with Crippen molar-refractivity contribution in [2.24, 2.45) is 0 Å². The Morgan fingerprint density at radius 1 is 1.41 bits per heavy atom. The zero-order valence-corrected chi connectivity index (χ0v) is 10.9. The van der Waals surface area contributed by atoms with Crippen molar-refractivity contribution in [1.29, 1.82) is 0 Å². The smallest absolute Gasteiger partial charge is 0.222 e. The number of carbonyl (C=O) groups excluding carboxylic acids is 1. The van der Waals surface area contributed by atoms with Gasteiger partial charge >= 0.3 is 0 Å². The van der Waals surface area contributed by atoms with E-state index in [1.807, 2.05) is 4.90 Å². The van der Waals surface area contributed by atoms with Gasteiger partial charge in [0.05, 0.1) is 6.54 Å². The molecule has 2 rings (SSSR count). The Labute approximate surface area is 105 Å². The molecule has 2 heterocycles. The van der Waals surface area contributed by atoms with Gasteiger partial charge in [-0.3, -0.25) is 4.79 Å². The molecule has 94 valence electrons. The van der Waals surface area contributed by atoms with Crippen LogP contribution in [0.4, 0.5) is 5.13 Å². The van der Waals surface area contributed by atoms with E-state index in [9.17, 15) is 4.79 Å². The Morgan fingerprint density at radius 2 is 2.29 bits per heavy atom. The summed E-state index contributed by atoms with van der Waals surface area (Å²) in [5.74, 6) is 0.245. The molecule has 1 N–H and O–H groups in total. The second-order valence-corrected chi connectivity index (χ2v) is 5.26. The molecule has 0 saturated carbocycles. The quantitative estimate of drug-likeness (QED) is 0.871. The van der Waals surface area contributed by atoms with Gasteiger partial charge in [0, 0.05) is 19.5 Å². The molecule has 0 radical (unpaired) electrons. The van der Waals surface area contributed by atoms with E-state index in [2.05, 4.69) is 22.4 Å². The highest BCUT2D eigenvalue weighted by Crippen LogP contribution is 2.19. The van der Waals surface area contributed by atoms with E-state index in [1.54, 1.807) is 11.3 Å². The van der Waals surface area contributed by atoms with Crippen LogP contribution in [0.25, 0.3) is 0 Å². The summed E-state index contributed by atoms with van der Waals surface area (Å²) in [5, 5.41) is 13.1. The maximum absolute atomic E-state index is 11.6. The van der Waals surface area contributed by atoms with Crippen LogP contribution in [-0.2, 0) is 11.3 Å². The highest BCUT2D eigenvalue weighted by Gasteiger charge is 2.19. The molecular formula is C11H18N4OS. The number of piperidine rings is 1. The predicted molar refractivity (Wildman–Crippen MR) is 68.0 cm³/mol. The average Bonchev–Trinajstić information content (AvgIpc) is 2.77. The molecule has 0 atom stereocenters. The lowest BCUT2D eigenvalue weighted by Gasteiger charge is -2.25. The predicted octanol–water partition coefficient (Wildman–Crippen LogP) is 1.87. The Hall–Kier alpha value is -1.17. The van der Waals surface area contributed by atoms with Gasteiger partial charge in [-0.1, -0.05) is 18.3 Å².